The quantitative estimate of drug-likeness (QED) is 0.789. The molecule has 0 saturated heterocycles. The van der Waals surface area contributed by atoms with E-state index in [2.05, 4.69) is 33.7 Å². The van der Waals surface area contributed by atoms with Crippen molar-refractivity contribution in [3.05, 3.63) is 53.9 Å². The molecule has 0 N–H and O–H groups in total. The van der Waals surface area contributed by atoms with Crippen LogP contribution in [-0.4, -0.2) is 15.7 Å². The van der Waals surface area contributed by atoms with Crippen LogP contribution >= 0.6 is 0 Å². The van der Waals surface area contributed by atoms with Gasteiger partial charge in [-0.05, 0) is 50.5 Å². The van der Waals surface area contributed by atoms with Crippen molar-refractivity contribution in [1.82, 2.24) is 9.97 Å². The molecule has 0 unspecified atom stereocenters. The van der Waals surface area contributed by atoms with Gasteiger partial charge in [0.05, 0.1) is 5.71 Å². The molecular formula is C15H17N3. The third-order valence-electron chi connectivity index (χ3n) is 2.75. The summed E-state index contributed by atoms with van der Waals surface area (Å²) in [6, 6.07) is 1.86. The molecule has 1 aromatic rings. The standard InChI is InChI=1S/C15H17N3/c1-11(2)13-6-4-5-7-14(10-13)18-15-16-9-8-12(3)17-15/h5,7-10H,1,4,6H2,2-3H3. The van der Waals surface area contributed by atoms with Gasteiger partial charge in [-0.1, -0.05) is 18.2 Å². The van der Waals surface area contributed by atoms with Gasteiger partial charge < -0.3 is 0 Å². The molecule has 0 fully saturated rings. The molecule has 0 amide bonds. The van der Waals surface area contributed by atoms with Crippen molar-refractivity contribution in [2.45, 2.75) is 26.7 Å². The van der Waals surface area contributed by atoms with Crippen LogP contribution in [0.3, 0.4) is 0 Å². The van der Waals surface area contributed by atoms with Crippen molar-refractivity contribution < 1.29 is 0 Å². The minimum Gasteiger partial charge on any atom is -0.220 e. The molecule has 0 radical (unpaired) electrons. The Bertz CT molecular complexity index is 551. The number of aliphatic imine (C=N–C) groups is 1. The lowest BCUT2D eigenvalue weighted by atomic mass is 10.0. The van der Waals surface area contributed by atoms with Gasteiger partial charge in [0, 0.05) is 11.9 Å². The fourth-order valence-electron chi connectivity index (χ4n) is 1.75. The second kappa shape index (κ2) is 5.54. The topological polar surface area (TPSA) is 38.1 Å². The summed E-state index contributed by atoms with van der Waals surface area (Å²) in [5.74, 6) is 0.508. The summed E-state index contributed by atoms with van der Waals surface area (Å²) in [6.07, 6.45) is 9.97. The summed E-state index contributed by atoms with van der Waals surface area (Å²) >= 11 is 0. The van der Waals surface area contributed by atoms with Crippen LogP contribution in [-0.2, 0) is 0 Å². The monoisotopic (exact) mass is 239 g/mol. The molecule has 1 aliphatic carbocycles. The van der Waals surface area contributed by atoms with Crippen molar-refractivity contribution in [3.63, 3.8) is 0 Å². The molecule has 92 valence electrons. The average Bonchev–Trinajstić information content (AvgIpc) is 2.55. The van der Waals surface area contributed by atoms with E-state index < -0.39 is 0 Å². The van der Waals surface area contributed by atoms with Gasteiger partial charge in [-0.3, -0.25) is 0 Å². The van der Waals surface area contributed by atoms with Crippen LogP contribution < -0.4 is 0 Å². The molecule has 1 aromatic heterocycles. The maximum Gasteiger partial charge on any atom is 0.250 e. The molecular weight excluding hydrogens is 222 g/mol. The van der Waals surface area contributed by atoms with Gasteiger partial charge in [-0.25, -0.2) is 15.0 Å². The van der Waals surface area contributed by atoms with Crippen molar-refractivity contribution in [2.24, 2.45) is 4.99 Å². The largest absolute Gasteiger partial charge is 0.250 e. The first-order valence-electron chi connectivity index (χ1n) is 6.06. The van der Waals surface area contributed by atoms with Gasteiger partial charge in [0.1, 0.15) is 0 Å². The van der Waals surface area contributed by atoms with E-state index in [1.54, 1.807) is 6.20 Å². The van der Waals surface area contributed by atoms with E-state index in [0.717, 1.165) is 29.8 Å². The van der Waals surface area contributed by atoms with E-state index in [1.165, 1.54) is 5.57 Å². The van der Waals surface area contributed by atoms with Gasteiger partial charge in [0.2, 0.25) is 5.95 Å². The van der Waals surface area contributed by atoms with Crippen LogP contribution in [0.4, 0.5) is 5.95 Å². The highest BCUT2D eigenvalue weighted by atomic mass is 15.0. The second-order valence-corrected chi connectivity index (χ2v) is 4.43. The highest BCUT2D eigenvalue weighted by Crippen LogP contribution is 2.18. The Labute approximate surface area is 108 Å². The summed E-state index contributed by atoms with van der Waals surface area (Å²) in [7, 11) is 0. The Morgan fingerprint density at radius 3 is 3.00 bits per heavy atom. The van der Waals surface area contributed by atoms with E-state index in [1.807, 2.05) is 26.0 Å². The fourth-order valence-corrected chi connectivity index (χ4v) is 1.75. The molecule has 0 spiro atoms. The SMILES string of the molecule is C=C(C)C1=CC(=Nc2nccc(C)n2)C=CCC1. The summed E-state index contributed by atoms with van der Waals surface area (Å²) in [6.45, 7) is 7.95. The van der Waals surface area contributed by atoms with Crippen LogP contribution in [0.15, 0.2) is 53.2 Å². The highest BCUT2D eigenvalue weighted by Gasteiger charge is 2.04. The number of rotatable bonds is 2. The summed E-state index contributed by atoms with van der Waals surface area (Å²) in [4.78, 5) is 12.9. The normalized spacial score (nSPS) is 17.4. The molecule has 3 nitrogen and oxygen atoms in total. The number of aryl methyl sites for hydroxylation is 1. The van der Waals surface area contributed by atoms with Crippen LogP contribution in [0.5, 0.6) is 0 Å². The summed E-state index contributed by atoms with van der Waals surface area (Å²) < 4.78 is 0. The lowest BCUT2D eigenvalue weighted by molar-refractivity contribution is 0.994. The zero-order chi connectivity index (χ0) is 13.0. The molecule has 0 atom stereocenters. The van der Waals surface area contributed by atoms with Crippen molar-refractivity contribution in [1.29, 1.82) is 0 Å². The third kappa shape index (κ3) is 3.23. The Hall–Kier alpha value is -2.03. The van der Waals surface area contributed by atoms with Crippen molar-refractivity contribution >= 4 is 11.7 Å². The van der Waals surface area contributed by atoms with E-state index in [4.69, 9.17) is 0 Å². The van der Waals surface area contributed by atoms with E-state index >= 15 is 0 Å². The maximum atomic E-state index is 4.46. The highest BCUT2D eigenvalue weighted by molar-refractivity contribution is 6.06. The summed E-state index contributed by atoms with van der Waals surface area (Å²) in [5.41, 5.74) is 4.14. The van der Waals surface area contributed by atoms with Gasteiger partial charge >= 0.3 is 0 Å². The zero-order valence-electron chi connectivity index (χ0n) is 10.8. The van der Waals surface area contributed by atoms with Crippen LogP contribution in [0.2, 0.25) is 0 Å². The first kappa shape index (κ1) is 12.4. The molecule has 0 saturated carbocycles. The number of aromatic nitrogens is 2. The molecule has 0 aromatic carbocycles. The number of hydrogen-bond acceptors (Lipinski definition) is 3. The van der Waals surface area contributed by atoms with Gasteiger partial charge in [-0.2, -0.15) is 0 Å². The predicted molar refractivity (Wildman–Crippen MR) is 75.1 cm³/mol. The van der Waals surface area contributed by atoms with Crippen LogP contribution in [0.25, 0.3) is 0 Å². The van der Waals surface area contributed by atoms with E-state index in [0.29, 0.717) is 5.95 Å². The van der Waals surface area contributed by atoms with E-state index in [9.17, 15) is 0 Å². The molecule has 1 heterocycles. The minimum absolute atomic E-state index is 0.508. The number of nitrogens with zero attached hydrogens (tertiary/aromatic N) is 3. The second-order valence-electron chi connectivity index (χ2n) is 4.43. The van der Waals surface area contributed by atoms with E-state index in [-0.39, 0.29) is 0 Å². The lowest BCUT2D eigenvalue weighted by Crippen LogP contribution is -1.92. The van der Waals surface area contributed by atoms with Crippen molar-refractivity contribution in [3.8, 4) is 0 Å². The first-order chi connectivity index (χ1) is 8.65. The lowest BCUT2D eigenvalue weighted by Gasteiger charge is -2.02. The Kier molecular flexibility index (Phi) is 3.82. The number of allylic oxidation sites excluding steroid dienone is 5. The first-order valence-corrected chi connectivity index (χ1v) is 6.06. The Morgan fingerprint density at radius 2 is 2.28 bits per heavy atom. The fraction of sp³-hybridized carbons (Fsp3) is 0.267. The van der Waals surface area contributed by atoms with Crippen molar-refractivity contribution in [2.75, 3.05) is 0 Å². The Balaban J connectivity index is 2.35. The van der Waals surface area contributed by atoms with Crippen LogP contribution in [0, 0.1) is 6.92 Å². The molecule has 1 aliphatic rings. The zero-order valence-corrected chi connectivity index (χ0v) is 10.8. The molecule has 2 rings (SSSR count). The average molecular weight is 239 g/mol. The third-order valence-corrected chi connectivity index (χ3v) is 2.75. The molecule has 3 heteroatoms. The minimum atomic E-state index is 0.508. The number of hydrogen-bond donors (Lipinski definition) is 0. The molecule has 18 heavy (non-hydrogen) atoms. The molecule has 0 aliphatic heterocycles. The van der Waals surface area contributed by atoms with Crippen LogP contribution in [0.1, 0.15) is 25.5 Å². The maximum absolute atomic E-state index is 4.46. The van der Waals surface area contributed by atoms with Gasteiger partial charge in [0.15, 0.2) is 0 Å². The van der Waals surface area contributed by atoms with Gasteiger partial charge in [-0.15, -0.1) is 0 Å². The smallest absolute Gasteiger partial charge is 0.220 e. The van der Waals surface area contributed by atoms with Gasteiger partial charge in [0.25, 0.3) is 0 Å². The predicted octanol–water partition coefficient (Wildman–Crippen LogP) is 3.71. The molecule has 0 bridgehead atoms. The Morgan fingerprint density at radius 1 is 1.44 bits per heavy atom. The summed E-state index contributed by atoms with van der Waals surface area (Å²) in [5, 5.41) is 0.